The van der Waals surface area contributed by atoms with Crippen LogP contribution in [0.2, 0.25) is 0 Å². The molecule has 0 aliphatic heterocycles. The molecule has 1 aliphatic rings. The van der Waals surface area contributed by atoms with Crippen LogP contribution in [0.25, 0.3) is 25.8 Å². The summed E-state index contributed by atoms with van der Waals surface area (Å²) in [6.07, 6.45) is 0. The van der Waals surface area contributed by atoms with Crippen LogP contribution in [0.3, 0.4) is 0 Å². The summed E-state index contributed by atoms with van der Waals surface area (Å²) in [4.78, 5) is 28.7. The molecule has 2 N–H and O–H groups in total. The minimum Gasteiger partial charge on any atom is -0.508 e. The number of ketones is 2. The second kappa shape index (κ2) is 7.48. The zero-order chi connectivity index (χ0) is 22.1. The standard InChI is InChI=1S/C16H8N6O7S/c17-21-19-9-3-1-2-8-12(9)16(13(20-22-18)15(26)14(8)25)30(27,28)29-11-5-4-7(23)6-10(11)24/h1-6,23-24H. The molecule has 0 unspecified atom stereocenters. The molecular formula is C16H8N6O7S. The summed E-state index contributed by atoms with van der Waals surface area (Å²) in [6.45, 7) is 0. The molecule has 0 fully saturated rings. The number of phenols is 2. The SMILES string of the molecule is [N-]=[N+]=NC1=C(S(=O)(=O)Oc2ccc(O)cc2O)c2c(N=[N+]=[N-])cccc2C(=O)C1=O. The molecule has 0 saturated heterocycles. The Hall–Kier alpha value is -4.51. The van der Waals surface area contributed by atoms with E-state index in [9.17, 15) is 28.2 Å². The molecule has 30 heavy (non-hydrogen) atoms. The zero-order valence-electron chi connectivity index (χ0n) is 14.5. The molecule has 1 aliphatic carbocycles. The Morgan fingerprint density at radius 1 is 0.967 bits per heavy atom. The lowest BCUT2D eigenvalue weighted by Crippen LogP contribution is -2.27. The normalized spacial score (nSPS) is 13.2. The lowest BCUT2D eigenvalue weighted by molar-refractivity contribution is -0.111. The molecular weight excluding hydrogens is 420 g/mol. The van der Waals surface area contributed by atoms with Crippen LogP contribution in [0.5, 0.6) is 17.2 Å². The molecule has 0 spiro atoms. The van der Waals surface area contributed by atoms with Crippen LogP contribution >= 0.6 is 0 Å². The molecule has 150 valence electrons. The van der Waals surface area contributed by atoms with Crippen molar-refractivity contribution in [2.24, 2.45) is 10.2 Å². The predicted octanol–water partition coefficient (Wildman–Crippen LogP) is 3.19. The van der Waals surface area contributed by atoms with E-state index < -0.39 is 54.9 Å². The molecule has 0 radical (unpaired) electrons. The van der Waals surface area contributed by atoms with Gasteiger partial charge in [-0.3, -0.25) is 9.59 Å². The number of fused-ring (bicyclic) bond motifs is 1. The maximum Gasteiger partial charge on any atom is 0.340 e. The third-order valence-electron chi connectivity index (χ3n) is 3.84. The van der Waals surface area contributed by atoms with E-state index in [1.807, 2.05) is 0 Å². The van der Waals surface area contributed by atoms with Crippen molar-refractivity contribution in [3.8, 4) is 17.2 Å². The number of hydrogen-bond donors (Lipinski definition) is 2. The highest BCUT2D eigenvalue weighted by Gasteiger charge is 2.40. The first kappa shape index (κ1) is 20.2. The minimum atomic E-state index is -5.04. The fourth-order valence-electron chi connectivity index (χ4n) is 2.67. The van der Waals surface area contributed by atoms with Crippen LogP contribution in [0.15, 0.2) is 52.3 Å². The highest BCUT2D eigenvalue weighted by molar-refractivity contribution is 7.96. The third kappa shape index (κ3) is 3.36. The van der Waals surface area contributed by atoms with Gasteiger partial charge in [0.2, 0.25) is 11.6 Å². The lowest BCUT2D eigenvalue weighted by Gasteiger charge is -2.21. The van der Waals surface area contributed by atoms with Gasteiger partial charge < -0.3 is 14.4 Å². The Bertz CT molecular complexity index is 1350. The molecule has 0 atom stereocenters. The number of aromatic hydroxyl groups is 2. The average molecular weight is 428 g/mol. The third-order valence-corrected chi connectivity index (χ3v) is 5.14. The molecule has 2 aromatic rings. The summed E-state index contributed by atoms with van der Waals surface area (Å²) < 4.78 is 30.9. The number of benzene rings is 2. The number of nitrogens with zero attached hydrogens (tertiary/aromatic N) is 6. The molecule has 3 rings (SSSR count). The Morgan fingerprint density at radius 2 is 1.67 bits per heavy atom. The molecule has 0 bridgehead atoms. The van der Waals surface area contributed by atoms with Gasteiger partial charge in [0.1, 0.15) is 16.4 Å². The van der Waals surface area contributed by atoms with Gasteiger partial charge in [-0.25, -0.2) is 0 Å². The molecule has 0 saturated carbocycles. The van der Waals surface area contributed by atoms with Crippen molar-refractivity contribution in [1.82, 2.24) is 0 Å². The number of allylic oxidation sites excluding steroid dienone is 1. The van der Waals surface area contributed by atoms with Crippen molar-refractivity contribution in [2.45, 2.75) is 0 Å². The maximum atomic E-state index is 13.0. The number of hydrogen-bond acceptors (Lipinski definition) is 9. The van der Waals surface area contributed by atoms with Gasteiger partial charge in [0.15, 0.2) is 11.5 Å². The summed E-state index contributed by atoms with van der Waals surface area (Å²) >= 11 is 0. The summed E-state index contributed by atoms with van der Waals surface area (Å²) in [7, 11) is -5.04. The highest BCUT2D eigenvalue weighted by atomic mass is 32.2. The first-order valence-corrected chi connectivity index (χ1v) is 9.15. The monoisotopic (exact) mass is 428 g/mol. The van der Waals surface area contributed by atoms with Crippen molar-refractivity contribution in [3.05, 3.63) is 74.1 Å². The van der Waals surface area contributed by atoms with Gasteiger partial charge in [-0.2, -0.15) is 8.42 Å². The fraction of sp³-hybridized carbons (Fsp3) is 0. The van der Waals surface area contributed by atoms with E-state index in [4.69, 9.17) is 15.2 Å². The van der Waals surface area contributed by atoms with Crippen molar-refractivity contribution in [1.29, 1.82) is 0 Å². The molecule has 0 amide bonds. The summed E-state index contributed by atoms with van der Waals surface area (Å²) in [5.41, 5.74) is 15.2. The summed E-state index contributed by atoms with van der Waals surface area (Å²) in [5, 5.41) is 25.5. The number of Topliss-reactive ketones (excluding diaryl/α,β-unsaturated/α-hetero) is 2. The molecule has 13 nitrogen and oxygen atoms in total. The van der Waals surface area contributed by atoms with Crippen LogP contribution in [0.1, 0.15) is 15.9 Å². The largest absolute Gasteiger partial charge is 0.508 e. The van der Waals surface area contributed by atoms with Gasteiger partial charge in [0, 0.05) is 32.7 Å². The number of carbonyl (C=O) groups excluding carboxylic acids is 2. The summed E-state index contributed by atoms with van der Waals surface area (Å²) in [5.74, 6) is -4.39. The minimum absolute atomic E-state index is 0.349. The Morgan fingerprint density at radius 3 is 2.30 bits per heavy atom. The van der Waals surface area contributed by atoms with Gasteiger partial charge in [-0.05, 0) is 23.2 Å². The van der Waals surface area contributed by atoms with Gasteiger partial charge >= 0.3 is 10.1 Å². The zero-order valence-corrected chi connectivity index (χ0v) is 15.3. The van der Waals surface area contributed by atoms with Crippen LogP contribution < -0.4 is 4.18 Å². The van der Waals surface area contributed by atoms with Crippen LogP contribution in [-0.2, 0) is 14.9 Å². The Kier molecular flexibility index (Phi) is 5.05. The van der Waals surface area contributed by atoms with Crippen LogP contribution in [0, 0.1) is 0 Å². The van der Waals surface area contributed by atoms with Crippen molar-refractivity contribution >= 4 is 32.3 Å². The first-order valence-electron chi connectivity index (χ1n) is 7.74. The van der Waals surface area contributed by atoms with E-state index in [0.29, 0.717) is 0 Å². The van der Waals surface area contributed by atoms with E-state index in [-0.39, 0.29) is 11.4 Å². The Balaban J connectivity index is 2.36. The van der Waals surface area contributed by atoms with Gasteiger partial charge in [0.25, 0.3) is 0 Å². The second-order valence-corrected chi connectivity index (χ2v) is 7.09. The van der Waals surface area contributed by atoms with E-state index in [1.54, 1.807) is 0 Å². The number of carbonyl (C=O) groups is 2. The molecule has 0 heterocycles. The number of azide groups is 2. The fourth-order valence-corrected chi connectivity index (χ4v) is 3.96. The quantitative estimate of drug-likeness (QED) is 0.238. The average Bonchev–Trinajstić information content (AvgIpc) is 2.69. The van der Waals surface area contributed by atoms with E-state index >= 15 is 0 Å². The van der Waals surface area contributed by atoms with Crippen LogP contribution in [-0.4, -0.2) is 30.2 Å². The molecule has 0 aromatic heterocycles. The Labute approximate surface area is 166 Å². The number of phenolic OH excluding ortho intramolecular Hbond substituents is 2. The molecule has 2 aromatic carbocycles. The van der Waals surface area contributed by atoms with Crippen molar-refractivity contribution in [2.75, 3.05) is 0 Å². The van der Waals surface area contributed by atoms with Gasteiger partial charge in [-0.15, -0.1) is 0 Å². The van der Waals surface area contributed by atoms with Crippen molar-refractivity contribution in [3.63, 3.8) is 0 Å². The topological polar surface area (TPSA) is 215 Å². The van der Waals surface area contributed by atoms with Gasteiger partial charge in [0.05, 0.1) is 0 Å². The number of rotatable bonds is 5. The van der Waals surface area contributed by atoms with Crippen molar-refractivity contribution < 1.29 is 32.4 Å². The van der Waals surface area contributed by atoms with Crippen LogP contribution in [0.4, 0.5) is 5.69 Å². The van der Waals surface area contributed by atoms with Gasteiger partial charge in [-0.1, -0.05) is 28.4 Å². The van der Waals surface area contributed by atoms with E-state index in [1.165, 1.54) is 12.1 Å². The highest BCUT2D eigenvalue weighted by Crippen LogP contribution is 2.42. The van der Waals surface area contributed by atoms with E-state index in [0.717, 1.165) is 24.3 Å². The molecule has 14 heteroatoms. The lowest BCUT2D eigenvalue weighted by atomic mass is 9.92. The maximum absolute atomic E-state index is 13.0. The first-order chi connectivity index (χ1) is 14.2. The second-order valence-electron chi connectivity index (χ2n) is 5.60. The van der Waals surface area contributed by atoms with E-state index in [2.05, 4.69) is 20.1 Å². The summed E-state index contributed by atoms with van der Waals surface area (Å²) in [6, 6.07) is 6.27. The smallest absolute Gasteiger partial charge is 0.340 e. The predicted molar refractivity (Wildman–Crippen MR) is 100.0 cm³/mol.